The summed E-state index contributed by atoms with van der Waals surface area (Å²) in [4.78, 5) is 3.89. The summed E-state index contributed by atoms with van der Waals surface area (Å²) in [5.74, 6) is 5.28. The highest BCUT2D eigenvalue weighted by molar-refractivity contribution is 5.49. The monoisotopic (exact) mass is 306 g/mol. The summed E-state index contributed by atoms with van der Waals surface area (Å²) in [7, 11) is 0. The fourth-order valence-electron chi connectivity index (χ4n) is 2.09. The lowest BCUT2D eigenvalue weighted by atomic mass is 9.94. The summed E-state index contributed by atoms with van der Waals surface area (Å²) in [5, 5.41) is 12.9. The Morgan fingerprint density at radius 2 is 1.86 bits per heavy atom. The normalized spacial score (nSPS) is 14.9. The Morgan fingerprint density at radius 1 is 1.29 bits per heavy atom. The molecule has 1 atom stereocenters. The number of nitrogens with one attached hydrogen (secondary N) is 2. The van der Waals surface area contributed by atoms with E-state index < -0.39 is 17.3 Å². The maximum absolute atomic E-state index is 12.8. The maximum atomic E-state index is 12.8. The number of nitrogen functional groups attached to an aromatic ring is 1. The zero-order valence-corrected chi connectivity index (χ0v) is 12.3. The summed E-state index contributed by atoms with van der Waals surface area (Å²) >= 11 is 0. The fourth-order valence-corrected chi connectivity index (χ4v) is 2.09. The molecule has 0 spiro atoms. The Morgan fingerprint density at radius 3 is 2.33 bits per heavy atom. The predicted octanol–water partition coefficient (Wildman–Crippen LogP) is 2.59. The van der Waals surface area contributed by atoms with E-state index in [4.69, 9.17) is 5.84 Å². The molecule has 5 nitrogen and oxygen atoms in total. The number of nitrogens with zero attached hydrogens (tertiary/aromatic N) is 1. The summed E-state index contributed by atoms with van der Waals surface area (Å²) in [6, 6.07) is 1.70. The van der Waals surface area contributed by atoms with Crippen molar-refractivity contribution in [1.82, 2.24) is 4.98 Å². The van der Waals surface area contributed by atoms with Gasteiger partial charge in [-0.2, -0.15) is 13.2 Å². The molecule has 0 radical (unpaired) electrons. The molecule has 0 aliphatic heterocycles. The number of rotatable bonds is 6. The fraction of sp³-hybridized carbons (Fsp3) is 0.615. The van der Waals surface area contributed by atoms with Crippen LogP contribution in [0.4, 0.5) is 24.8 Å². The van der Waals surface area contributed by atoms with Gasteiger partial charge in [0.1, 0.15) is 11.6 Å². The van der Waals surface area contributed by atoms with Gasteiger partial charge in [0.15, 0.2) is 0 Å². The second-order valence-electron chi connectivity index (χ2n) is 5.72. The van der Waals surface area contributed by atoms with Gasteiger partial charge >= 0.3 is 6.18 Å². The highest BCUT2D eigenvalue weighted by Gasteiger charge is 2.32. The Bertz CT molecular complexity index is 475. The number of aliphatic hydroxyl groups is 1. The van der Waals surface area contributed by atoms with Gasteiger partial charge in [0.05, 0.1) is 11.2 Å². The first kappa shape index (κ1) is 17.5. The minimum atomic E-state index is -4.49. The van der Waals surface area contributed by atoms with Crippen molar-refractivity contribution in [2.24, 2.45) is 11.8 Å². The molecule has 0 aliphatic rings. The van der Waals surface area contributed by atoms with Crippen LogP contribution >= 0.6 is 0 Å². The van der Waals surface area contributed by atoms with Gasteiger partial charge in [-0.05, 0) is 31.4 Å². The third kappa shape index (κ3) is 5.76. The molecule has 1 aromatic heterocycles. The molecule has 1 unspecified atom stereocenters. The van der Waals surface area contributed by atoms with Crippen molar-refractivity contribution in [1.29, 1.82) is 0 Å². The molecule has 0 amide bonds. The van der Waals surface area contributed by atoms with Gasteiger partial charge < -0.3 is 15.8 Å². The van der Waals surface area contributed by atoms with Crippen molar-refractivity contribution >= 4 is 11.6 Å². The van der Waals surface area contributed by atoms with Crippen molar-refractivity contribution in [3.63, 3.8) is 0 Å². The number of aromatic nitrogens is 1. The Labute approximate surface area is 121 Å². The number of pyridine rings is 1. The molecule has 1 rings (SSSR count). The van der Waals surface area contributed by atoms with E-state index in [0.29, 0.717) is 6.42 Å². The molecule has 0 fully saturated rings. The summed E-state index contributed by atoms with van der Waals surface area (Å²) < 4.78 is 38.3. The second-order valence-corrected chi connectivity index (χ2v) is 5.72. The van der Waals surface area contributed by atoms with Crippen LogP contribution in [0.25, 0.3) is 0 Å². The first-order valence-corrected chi connectivity index (χ1v) is 6.55. The number of nitrogens with two attached hydrogens (primary N) is 1. The van der Waals surface area contributed by atoms with Crippen LogP contribution in [0.3, 0.4) is 0 Å². The van der Waals surface area contributed by atoms with Crippen LogP contribution in [0.15, 0.2) is 12.1 Å². The number of hydrogen-bond donors (Lipinski definition) is 4. The average Bonchev–Trinajstić information content (AvgIpc) is 2.33. The van der Waals surface area contributed by atoms with Crippen LogP contribution in [-0.4, -0.2) is 22.2 Å². The Hall–Kier alpha value is -1.54. The average molecular weight is 306 g/mol. The highest BCUT2D eigenvalue weighted by atomic mass is 19.4. The molecular formula is C13H21F3N4O. The number of hydrogen-bond acceptors (Lipinski definition) is 5. The van der Waals surface area contributed by atoms with Crippen LogP contribution < -0.4 is 16.6 Å². The van der Waals surface area contributed by atoms with E-state index in [0.717, 1.165) is 12.1 Å². The number of anilines is 2. The molecular weight excluding hydrogens is 285 g/mol. The molecule has 0 saturated carbocycles. The van der Waals surface area contributed by atoms with E-state index in [2.05, 4.69) is 15.7 Å². The minimum absolute atomic E-state index is 0.00167. The van der Waals surface area contributed by atoms with Crippen molar-refractivity contribution in [2.45, 2.75) is 39.0 Å². The van der Waals surface area contributed by atoms with Gasteiger partial charge in [0, 0.05) is 6.54 Å². The van der Waals surface area contributed by atoms with Crippen molar-refractivity contribution in [3.8, 4) is 0 Å². The smallest absolute Gasteiger partial charge is 0.388 e. The third-order valence-corrected chi connectivity index (χ3v) is 2.80. The Kier molecular flexibility index (Phi) is 5.41. The van der Waals surface area contributed by atoms with Crippen LogP contribution in [0.2, 0.25) is 0 Å². The number of halogens is 3. The quantitative estimate of drug-likeness (QED) is 0.480. The maximum Gasteiger partial charge on any atom is 0.416 e. The van der Waals surface area contributed by atoms with E-state index in [-0.39, 0.29) is 24.1 Å². The van der Waals surface area contributed by atoms with Gasteiger partial charge in [0.2, 0.25) is 0 Å². The zero-order valence-electron chi connectivity index (χ0n) is 12.3. The summed E-state index contributed by atoms with van der Waals surface area (Å²) in [6.45, 7) is 5.61. The first-order chi connectivity index (χ1) is 9.53. The predicted molar refractivity (Wildman–Crippen MR) is 75.6 cm³/mol. The van der Waals surface area contributed by atoms with Crippen LogP contribution in [0, 0.1) is 5.92 Å². The molecule has 0 bridgehead atoms. The molecule has 120 valence electrons. The lowest BCUT2D eigenvalue weighted by Crippen LogP contribution is -2.35. The van der Waals surface area contributed by atoms with E-state index in [9.17, 15) is 18.3 Å². The molecule has 21 heavy (non-hydrogen) atoms. The van der Waals surface area contributed by atoms with Gasteiger partial charge in [-0.25, -0.2) is 10.8 Å². The molecule has 0 aromatic carbocycles. The standard InChI is InChI=1S/C13H21F3N4O/c1-8(2)6-12(3,21)7-18-10-4-9(13(14,15)16)5-11(19-10)20-17/h4-5,8,21H,6-7,17H2,1-3H3,(H2,18,19,20). The molecule has 0 aliphatic carbocycles. The molecule has 5 N–H and O–H groups in total. The van der Waals surface area contributed by atoms with Crippen molar-refractivity contribution < 1.29 is 18.3 Å². The second kappa shape index (κ2) is 6.48. The van der Waals surface area contributed by atoms with Gasteiger partial charge in [-0.1, -0.05) is 13.8 Å². The van der Waals surface area contributed by atoms with Crippen LogP contribution in [0.5, 0.6) is 0 Å². The van der Waals surface area contributed by atoms with Gasteiger partial charge in [-0.3, -0.25) is 0 Å². The number of alkyl halides is 3. The topological polar surface area (TPSA) is 83.2 Å². The van der Waals surface area contributed by atoms with Crippen molar-refractivity contribution in [2.75, 3.05) is 17.3 Å². The van der Waals surface area contributed by atoms with E-state index >= 15 is 0 Å². The molecule has 0 saturated heterocycles. The lowest BCUT2D eigenvalue weighted by molar-refractivity contribution is -0.137. The lowest BCUT2D eigenvalue weighted by Gasteiger charge is -2.26. The van der Waals surface area contributed by atoms with Crippen LogP contribution in [0.1, 0.15) is 32.8 Å². The van der Waals surface area contributed by atoms with Gasteiger partial charge in [-0.15, -0.1) is 0 Å². The molecule has 1 heterocycles. The summed E-state index contributed by atoms with van der Waals surface area (Å²) in [5.41, 5.74) is 0.190. The number of hydrazine groups is 1. The minimum Gasteiger partial charge on any atom is -0.388 e. The van der Waals surface area contributed by atoms with E-state index in [1.54, 1.807) is 6.92 Å². The largest absolute Gasteiger partial charge is 0.416 e. The first-order valence-electron chi connectivity index (χ1n) is 6.55. The van der Waals surface area contributed by atoms with E-state index in [1.807, 2.05) is 13.8 Å². The highest BCUT2D eigenvalue weighted by Crippen LogP contribution is 2.32. The van der Waals surface area contributed by atoms with Crippen molar-refractivity contribution in [3.05, 3.63) is 17.7 Å². The summed E-state index contributed by atoms with van der Waals surface area (Å²) in [6.07, 6.45) is -3.98. The molecule has 8 heteroatoms. The molecule has 1 aromatic rings. The van der Waals surface area contributed by atoms with Gasteiger partial charge in [0.25, 0.3) is 0 Å². The van der Waals surface area contributed by atoms with E-state index in [1.165, 1.54) is 0 Å². The SMILES string of the molecule is CC(C)CC(C)(O)CNc1cc(C(F)(F)F)cc(NN)n1. The zero-order chi connectivity index (χ0) is 16.3. The Balaban J connectivity index is 2.88. The van der Waals surface area contributed by atoms with Crippen LogP contribution in [-0.2, 0) is 6.18 Å². The third-order valence-electron chi connectivity index (χ3n) is 2.80.